The summed E-state index contributed by atoms with van der Waals surface area (Å²) in [5.74, 6) is 5.36. The van der Waals surface area contributed by atoms with E-state index in [1.54, 1.807) is 24.2 Å². The van der Waals surface area contributed by atoms with Gasteiger partial charge in [0, 0.05) is 25.5 Å². The number of nitrogens with one attached hydrogen (secondary N) is 1. The van der Waals surface area contributed by atoms with Crippen LogP contribution in [0.5, 0.6) is 0 Å². The number of nitrogen functional groups attached to an aromatic ring is 1. The van der Waals surface area contributed by atoms with Gasteiger partial charge in [-0.3, -0.25) is 15.6 Å². The van der Waals surface area contributed by atoms with E-state index in [0.29, 0.717) is 17.8 Å². The second-order valence-electron chi connectivity index (χ2n) is 5.16. The maximum atomic E-state index is 12.5. The summed E-state index contributed by atoms with van der Waals surface area (Å²) in [4.78, 5) is 18.3. The summed E-state index contributed by atoms with van der Waals surface area (Å²) in [7, 11) is 1.77. The van der Waals surface area contributed by atoms with Crippen LogP contribution in [0.2, 0.25) is 0 Å². The summed E-state index contributed by atoms with van der Waals surface area (Å²) >= 11 is 0. The van der Waals surface area contributed by atoms with Gasteiger partial charge in [-0.25, -0.2) is 0 Å². The van der Waals surface area contributed by atoms with Gasteiger partial charge in [0.1, 0.15) is 0 Å². The lowest BCUT2D eigenvalue weighted by Gasteiger charge is -2.19. The van der Waals surface area contributed by atoms with Crippen LogP contribution in [0.3, 0.4) is 0 Å². The second-order valence-corrected chi connectivity index (χ2v) is 5.16. The zero-order chi connectivity index (χ0) is 15.4. The van der Waals surface area contributed by atoms with Crippen molar-refractivity contribution in [2.45, 2.75) is 20.4 Å². The van der Waals surface area contributed by atoms with Crippen molar-refractivity contribution in [1.29, 1.82) is 0 Å². The SMILES string of the molecule is Cc1ccc(CN(C)C(=O)c2cnc(C)cc2NN)cc1. The minimum absolute atomic E-state index is 0.115. The molecule has 0 saturated carbocycles. The normalized spacial score (nSPS) is 10.3. The molecule has 0 unspecified atom stereocenters. The molecule has 0 saturated heterocycles. The lowest BCUT2D eigenvalue weighted by molar-refractivity contribution is 0.0785. The highest BCUT2D eigenvalue weighted by molar-refractivity contribution is 5.99. The third kappa shape index (κ3) is 3.58. The molecule has 2 aromatic rings. The number of nitrogens with two attached hydrogens (primary N) is 1. The molecule has 0 aliphatic carbocycles. The van der Waals surface area contributed by atoms with E-state index >= 15 is 0 Å². The first kappa shape index (κ1) is 15.0. The van der Waals surface area contributed by atoms with Crippen LogP contribution < -0.4 is 11.3 Å². The van der Waals surface area contributed by atoms with Gasteiger partial charge in [0.05, 0.1) is 11.3 Å². The number of pyridine rings is 1. The number of amides is 1. The predicted molar refractivity (Wildman–Crippen MR) is 83.8 cm³/mol. The van der Waals surface area contributed by atoms with Crippen LogP contribution in [0.4, 0.5) is 5.69 Å². The topological polar surface area (TPSA) is 71.2 Å². The van der Waals surface area contributed by atoms with Crippen molar-refractivity contribution in [3.05, 3.63) is 58.9 Å². The minimum atomic E-state index is -0.115. The molecule has 21 heavy (non-hydrogen) atoms. The van der Waals surface area contributed by atoms with Crippen molar-refractivity contribution in [1.82, 2.24) is 9.88 Å². The Bertz CT molecular complexity index is 637. The van der Waals surface area contributed by atoms with Gasteiger partial charge in [-0.1, -0.05) is 29.8 Å². The number of aryl methyl sites for hydroxylation is 2. The van der Waals surface area contributed by atoms with Crippen LogP contribution in [0.15, 0.2) is 36.5 Å². The molecule has 1 aromatic carbocycles. The molecule has 1 amide bonds. The third-order valence-electron chi connectivity index (χ3n) is 3.31. The molecule has 1 heterocycles. The van der Waals surface area contributed by atoms with E-state index in [-0.39, 0.29) is 5.91 Å². The maximum absolute atomic E-state index is 12.5. The Morgan fingerprint density at radius 2 is 1.95 bits per heavy atom. The zero-order valence-corrected chi connectivity index (χ0v) is 12.6. The molecule has 0 fully saturated rings. The standard InChI is InChI=1S/C16H20N4O/c1-11-4-6-13(7-5-11)10-20(3)16(21)14-9-18-12(2)8-15(14)19-17/h4-9H,10,17H2,1-3H3,(H,18,19). The summed E-state index contributed by atoms with van der Waals surface area (Å²) in [6, 6.07) is 9.87. The summed E-state index contributed by atoms with van der Waals surface area (Å²) < 4.78 is 0. The van der Waals surface area contributed by atoms with Crippen LogP contribution in [0.25, 0.3) is 0 Å². The molecule has 0 radical (unpaired) electrons. The van der Waals surface area contributed by atoms with Crippen molar-refractivity contribution in [3.8, 4) is 0 Å². The Morgan fingerprint density at radius 3 is 2.57 bits per heavy atom. The Labute approximate surface area is 124 Å². The van der Waals surface area contributed by atoms with E-state index in [1.807, 2.05) is 38.1 Å². The molecule has 1 aromatic heterocycles. The summed E-state index contributed by atoms with van der Waals surface area (Å²) in [6.45, 7) is 4.43. The number of rotatable bonds is 4. The highest BCUT2D eigenvalue weighted by atomic mass is 16.2. The molecule has 2 rings (SSSR count). The van der Waals surface area contributed by atoms with E-state index < -0.39 is 0 Å². The van der Waals surface area contributed by atoms with E-state index in [1.165, 1.54) is 5.56 Å². The first-order valence-electron chi connectivity index (χ1n) is 6.75. The molecule has 5 heteroatoms. The highest BCUT2D eigenvalue weighted by Crippen LogP contribution is 2.17. The smallest absolute Gasteiger partial charge is 0.257 e. The van der Waals surface area contributed by atoms with Gasteiger partial charge in [0.15, 0.2) is 0 Å². The van der Waals surface area contributed by atoms with Gasteiger partial charge in [0.25, 0.3) is 5.91 Å². The molecular formula is C16H20N4O. The second kappa shape index (κ2) is 6.37. The summed E-state index contributed by atoms with van der Waals surface area (Å²) in [5, 5.41) is 0. The Hall–Kier alpha value is -2.40. The zero-order valence-electron chi connectivity index (χ0n) is 12.6. The quantitative estimate of drug-likeness (QED) is 0.667. The Morgan fingerprint density at radius 1 is 1.29 bits per heavy atom. The van der Waals surface area contributed by atoms with Crippen molar-refractivity contribution >= 4 is 11.6 Å². The largest absolute Gasteiger partial charge is 0.337 e. The van der Waals surface area contributed by atoms with Crippen molar-refractivity contribution in [2.24, 2.45) is 5.84 Å². The Balaban J connectivity index is 2.17. The van der Waals surface area contributed by atoms with Crippen LogP contribution in [-0.4, -0.2) is 22.8 Å². The fraction of sp³-hybridized carbons (Fsp3) is 0.250. The van der Waals surface area contributed by atoms with E-state index in [4.69, 9.17) is 5.84 Å². The Kier molecular flexibility index (Phi) is 4.55. The first-order chi connectivity index (χ1) is 10.0. The monoisotopic (exact) mass is 284 g/mol. The van der Waals surface area contributed by atoms with Crippen LogP contribution in [-0.2, 0) is 6.54 Å². The van der Waals surface area contributed by atoms with Gasteiger partial charge >= 0.3 is 0 Å². The van der Waals surface area contributed by atoms with Crippen molar-refractivity contribution < 1.29 is 4.79 Å². The number of anilines is 1. The lowest BCUT2D eigenvalue weighted by Crippen LogP contribution is -2.27. The highest BCUT2D eigenvalue weighted by Gasteiger charge is 2.16. The number of aromatic nitrogens is 1. The number of hydrogen-bond donors (Lipinski definition) is 2. The van der Waals surface area contributed by atoms with Gasteiger partial charge < -0.3 is 10.3 Å². The molecule has 5 nitrogen and oxygen atoms in total. The first-order valence-corrected chi connectivity index (χ1v) is 6.75. The summed E-state index contributed by atoms with van der Waals surface area (Å²) in [5.41, 5.74) is 6.70. The molecule has 0 aliphatic heterocycles. The lowest BCUT2D eigenvalue weighted by atomic mass is 10.1. The summed E-state index contributed by atoms with van der Waals surface area (Å²) in [6.07, 6.45) is 1.55. The van der Waals surface area contributed by atoms with E-state index in [0.717, 1.165) is 11.3 Å². The molecule has 3 N–H and O–H groups in total. The number of nitrogens with zero attached hydrogens (tertiary/aromatic N) is 2. The third-order valence-corrected chi connectivity index (χ3v) is 3.31. The van der Waals surface area contributed by atoms with Crippen molar-refractivity contribution in [3.63, 3.8) is 0 Å². The van der Waals surface area contributed by atoms with Gasteiger partial charge in [-0.05, 0) is 25.5 Å². The number of hydrogen-bond acceptors (Lipinski definition) is 4. The molecule has 0 bridgehead atoms. The predicted octanol–water partition coefficient (Wildman–Crippen LogP) is 2.26. The van der Waals surface area contributed by atoms with Gasteiger partial charge in [0.2, 0.25) is 0 Å². The fourth-order valence-corrected chi connectivity index (χ4v) is 2.09. The average molecular weight is 284 g/mol. The number of carbonyl (C=O) groups is 1. The average Bonchev–Trinajstić information content (AvgIpc) is 2.48. The minimum Gasteiger partial charge on any atom is -0.337 e. The van der Waals surface area contributed by atoms with Gasteiger partial charge in [-0.2, -0.15) is 0 Å². The number of carbonyl (C=O) groups excluding carboxylic acids is 1. The molecule has 110 valence electrons. The van der Waals surface area contributed by atoms with Gasteiger partial charge in [-0.15, -0.1) is 0 Å². The van der Waals surface area contributed by atoms with Crippen LogP contribution in [0.1, 0.15) is 27.2 Å². The molecular weight excluding hydrogens is 264 g/mol. The number of hydrazine groups is 1. The van der Waals surface area contributed by atoms with Crippen LogP contribution >= 0.6 is 0 Å². The number of benzene rings is 1. The fourth-order valence-electron chi connectivity index (χ4n) is 2.09. The molecule has 0 spiro atoms. The molecule has 0 atom stereocenters. The van der Waals surface area contributed by atoms with Crippen molar-refractivity contribution in [2.75, 3.05) is 12.5 Å². The maximum Gasteiger partial charge on any atom is 0.257 e. The van der Waals surface area contributed by atoms with Crippen LogP contribution in [0, 0.1) is 13.8 Å². The van der Waals surface area contributed by atoms with E-state index in [2.05, 4.69) is 10.4 Å². The van der Waals surface area contributed by atoms with E-state index in [9.17, 15) is 4.79 Å². The molecule has 0 aliphatic rings.